The highest BCUT2D eigenvalue weighted by Gasteiger charge is 2.27. The molecule has 7 nitrogen and oxygen atoms in total. The molecule has 0 aromatic carbocycles. The van der Waals surface area contributed by atoms with Gasteiger partial charge in [0, 0.05) is 37.7 Å². The first-order chi connectivity index (χ1) is 12.5. The molecule has 0 radical (unpaired) electrons. The molecule has 1 fully saturated rings. The van der Waals surface area contributed by atoms with E-state index in [1.54, 1.807) is 9.80 Å². The molecule has 2 aromatic rings. The zero-order valence-electron chi connectivity index (χ0n) is 14.9. The summed E-state index contributed by atoms with van der Waals surface area (Å²) in [6, 6.07) is 3.88. The summed E-state index contributed by atoms with van der Waals surface area (Å²) < 4.78 is 5.71. The van der Waals surface area contributed by atoms with E-state index in [-0.39, 0.29) is 17.6 Å². The fourth-order valence-electron chi connectivity index (χ4n) is 3.41. The van der Waals surface area contributed by atoms with Crippen LogP contribution in [-0.4, -0.2) is 48.0 Å². The first-order valence-electron chi connectivity index (χ1n) is 8.83. The lowest BCUT2D eigenvalue weighted by atomic mass is 10.1. The van der Waals surface area contributed by atoms with Gasteiger partial charge in [-0.1, -0.05) is 0 Å². The summed E-state index contributed by atoms with van der Waals surface area (Å²) in [6.07, 6.45) is 2.75. The number of amides is 1. The Kier molecular flexibility index (Phi) is 4.54. The largest absolute Gasteiger partial charge is 0.373 e. The third-order valence-corrected chi connectivity index (χ3v) is 6.02. The fourth-order valence-corrected chi connectivity index (χ4v) is 4.47. The second-order valence-corrected chi connectivity index (χ2v) is 8.00. The van der Waals surface area contributed by atoms with Gasteiger partial charge in [0.05, 0.1) is 23.2 Å². The molecule has 0 unspecified atom stereocenters. The number of nitrogens with one attached hydrogen (secondary N) is 1. The number of fused-ring (bicyclic) bond motifs is 1. The Morgan fingerprint density at radius 1 is 1.42 bits per heavy atom. The van der Waals surface area contributed by atoms with Crippen molar-refractivity contribution in [2.75, 3.05) is 32.1 Å². The molecule has 0 bridgehead atoms. The van der Waals surface area contributed by atoms with Crippen LogP contribution >= 0.6 is 11.3 Å². The van der Waals surface area contributed by atoms with E-state index in [0.717, 1.165) is 29.2 Å². The van der Waals surface area contributed by atoms with Crippen molar-refractivity contribution in [2.24, 2.45) is 0 Å². The van der Waals surface area contributed by atoms with Gasteiger partial charge in [0.2, 0.25) is 5.95 Å². The Balaban J connectivity index is 1.54. The maximum atomic E-state index is 12.9. The third-order valence-electron chi connectivity index (χ3n) is 4.86. The predicted molar refractivity (Wildman–Crippen MR) is 99.9 cm³/mol. The van der Waals surface area contributed by atoms with Crippen molar-refractivity contribution in [3.63, 3.8) is 0 Å². The quantitative estimate of drug-likeness (QED) is 0.888. The number of nitrogens with zero attached hydrogens (tertiary/aromatic N) is 3. The molecule has 2 aliphatic heterocycles. The van der Waals surface area contributed by atoms with Gasteiger partial charge in [0.15, 0.2) is 0 Å². The lowest BCUT2D eigenvalue weighted by Gasteiger charge is -2.28. The summed E-state index contributed by atoms with van der Waals surface area (Å²) in [5.41, 5.74) is 1.27. The minimum absolute atomic E-state index is 0.00150. The number of hydrogen-bond donors (Lipinski definition) is 1. The average molecular weight is 374 g/mol. The number of hydrogen-bond acceptors (Lipinski definition) is 6. The van der Waals surface area contributed by atoms with Crippen LogP contribution in [0.3, 0.4) is 0 Å². The zero-order chi connectivity index (χ0) is 18.3. The van der Waals surface area contributed by atoms with E-state index in [0.29, 0.717) is 36.7 Å². The zero-order valence-corrected chi connectivity index (χ0v) is 15.8. The van der Waals surface area contributed by atoms with Crippen LogP contribution in [0.4, 0.5) is 5.95 Å². The maximum Gasteiger partial charge on any atom is 0.264 e. The molecule has 1 atom stereocenters. The molecule has 1 saturated heterocycles. The molecule has 26 heavy (non-hydrogen) atoms. The summed E-state index contributed by atoms with van der Waals surface area (Å²) in [6.45, 7) is 1.69. The molecule has 0 saturated carbocycles. The number of thiophene rings is 1. The Labute approximate surface area is 155 Å². The summed E-state index contributed by atoms with van der Waals surface area (Å²) in [4.78, 5) is 37.9. The molecule has 2 aromatic heterocycles. The normalized spacial score (nSPS) is 19.5. The molecular weight excluding hydrogens is 352 g/mol. The van der Waals surface area contributed by atoms with E-state index in [2.05, 4.69) is 9.97 Å². The van der Waals surface area contributed by atoms with Gasteiger partial charge in [-0.05, 0) is 31.4 Å². The monoisotopic (exact) mass is 374 g/mol. The highest BCUT2D eigenvalue weighted by Crippen LogP contribution is 2.34. The first kappa shape index (κ1) is 17.2. The van der Waals surface area contributed by atoms with E-state index in [1.807, 2.05) is 26.2 Å². The fraction of sp³-hybridized carbons (Fsp3) is 0.500. The predicted octanol–water partition coefficient (Wildman–Crippen LogP) is 1.95. The molecular formula is C18H22N4O3S. The number of aromatic nitrogens is 2. The minimum Gasteiger partial charge on any atom is -0.373 e. The summed E-state index contributed by atoms with van der Waals surface area (Å²) in [7, 11) is 3.66. The number of H-pyrrole nitrogens is 1. The van der Waals surface area contributed by atoms with Crippen molar-refractivity contribution in [2.45, 2.75) is 31.9 Å². The van der Waals surface area contributed by atoms with Crippen molar-refractivity contribution in [1.29, 1.82) is 0 Å². The van der Waals surface area contributed by atoms with Crippen molar-refractivity contribution >= 4 is 23.2 Å². The topological polar surface area (TPSA) is 78.5 Å². The van der Waals surface area contributed by atoms with Gasteiger partial charge in [-0.3, -0.25) is 14.6 Å². The molecule has 8 heteroatoms. The number of ether oxygens (including phenoxy) is 1. The van der Waals surface area contributed by atoms with Gasteiger partial charge in [-0.2, -0.15) is 0 Å². The van der Waals surface area contributed by atoms with Crippen LogP contribution in [0.1, 0.15) is 44.8 Å². The van der Waals surface area contributed by atoms with Crippen LogP contribution < -0.4 is 10.5 Å². The van der Waals surface area contributed by atoms with Crippen LogP contribution in [0.5, 0.6) is 0 Å². The standard InChI is InChI=1S/C18H22N4O3S/c1-21(2)18-19-12-10-22(8-7-11(12)16(23)20-18)17(24)15-6-5-14(26-15)13-4-3-9-25-13/h5-6,13H,3-4,7-10H2,1-2H3,(H,19,20,23)/t13-/m0/s1. The number of aromatic amines is 1. The van der Waals surface area contributed by atoms with Crippen LogP contribution in [0.25, 0.3) is 0 Å². The Morgan fingerprint density at radius 3 is 3.00 bits per heavy atom. The summed E-state index contributed by atoms with van der Waals surface area (Å²) in [5.74, 6) is 0.512. The lowest BCUT2D eigenvalue weighted by molar-refractivity contribution is 0.0736. The van der Waals surface area contributed by atoms with Gasteiger partial charge < -0.3 is 14.5 Å². The second kappa shape index (κ2) is 6.85. The Bertz CT molecular complexity index is 883. The van der Waals surface area contributed by atoms with Crippen molar-refractivity contribution in [1.82, 2.24) is 14.9 Å². The molecule has 138 valence electrons. The molecule has 1 N–H and O–H groups in total. The van der Waals surface area contributed by atoms with Gasteiger partial charge >= 0.3 is 0 Å². The van der Waals surface area contributed by atoms with Crippen LogP contribution in [0.2, 0.25) is 0 Å². The Morgan fingerprint density at radius 2 is 2.27 bits per heavy atom. The number of carbonyl (C=O) groups excluding carboxylic acids is 1. The van der Waals surface area contributed by atoms with Gasteiger partial charge in [-0.15, -0.1) is 11.3 Å². The molecule has 4 heterocycles. The van der Waals surface area contributed by atoms with Crippen molar-refractivity contribution in [3.8, 4) is 0 Å². The maximum absolute atomic E-state index is 12.9. The second-order valence-electron chi connectivity index (χ2n) is 6.89. The van der Waals surface area contributed by atoms with Gasteiger partial charge in [-0.25, -0.2) is 4.98 Å². The molecule has 4 rings (SSSR count). The highest BCUT2D eigenvalue weighted by atomic mass is 32.1. The SMILES string of the molecule is CN(C)c1nc2c(c(=O)[nH]1)CCN(C(=O)c1ccc([C@@H]3CCCO3)s1)C2. The Hall–Kier alpha value is -2.19. The molecule has 1 amide bonds. The van der Waals surface area contributed by atoms with E-state index in [4.69, 9.17) is 4.74 Å². The first-order valence-corrected chi connectivity index (χ1v) is 9.64. The van der Waals surface area contributed by atoms with Gasteiger partial charge in [0.1, 0.15) is 0 Å². The smallest absolute Gasteiger partial charge is 0.264 e. The number of rotatable bonds is 3. The lowest BCUT2D eigenvalue weighted by Crippen LogP contribution is -2.39. The average Bonchev–Trinajstić information content (AvgIpc) is 3.31. The highest BCUT2D eigenvalue weighted by molar-refractivity contribution is 7.14. The number of anilines is 1. The van der Waals surface area contributed by atoms with Gasteiger partial charge in [0.25, 0.3) is 11.5 Å². The summed E-state index contributed by atoms with van der Waals surface area (Å²) in [5, 5.41) is 0. The molecule has 2 aliphatic rings. The molecule has 0 aliphatic carbocycles. The summed E-state index contributed by atoms with van der Waals surface area (Å²) >= 11 is 1.51. The van der Waals surface area contributed by atoms with Crippen LogP contribution in [0.15, 0.2) is 16.9 Å². The van der Waals surface area contributed by atoms with Crippen molar-refractivity contribution in [3.05, 3.63) is 43.5 Å². The number of carbonyl (C=O) groups is 1. The third kappa shape index (κ3) is 3.14. The molecule has 0 spiro atoms. The van der Waals surface area contributed by atoms with E-state index >= 15 is 0 Å². The van der Waals surface area contributed by atoms with Crippen molar-refractivity contribution < 1.29 is 9.53 Å². The van der Waals surface area contributed by atoms with Crippen LogP contribution in [0, 0.1) is 0 Å². The van der Waals surface area contributed by atoms with Crippen LogP contribution in [-0.2, 0) is 17.7 Å². The van der Waals surface area contributed by atoms with E-state index in [9.17, 15) is 9.59 Å². The minimum atomic E-state index is -0.109. The van der Waals surface area contributed by atoms with E-state index < -0.39 is 0 Å². The van der Waals surface area contributed by atoms with E-state index in [1.165, 1.54) is 11.3 Å².